The first-order chi connectivity index (χ1) is 3.41. The Hall–Kier alpha value is 2.33. The van der Waals surface area contributed by atoms with Crippen molar-refractivity contribution in [2.45, 2.75) is 0 Å². The fraction of sp³-hybridized carbons (Fsp3) is 0. The topological polar surface area (TPSA) is 97.3 Å². The molecule has 10 heteroatoms. The molecule has 0 spiro atoms. The second kappa shape index (κ2) is 13.9. The molecule has 0 aromatic heterocycles. The van der Waals surface area contributed by atoms with E-state index < -0.39 is 24.8 Å². The fourth-order valence-corrected chi connectivity index (χ4v) is 0. The first-order valence-electron chi connectivity index (χ1n) is 1.13. The second-order valence-corrected chi connectivity index (χ2v) is 2.60. The van der Waals surface area contributed by atoms with Crippen molar-refractivity contribution in [2.75, 3.05) is 0 Å². The van der Waals surface area contributed by atoms with Crippen molar-refractivity contribution in [1.29, 1.82) is 0 Å². The first kappa shape index (κ1) is 22.8. The molecule has 0 atom stereocenters. The van der Waals surface area contributed by atoms with E-state index in [-0.39, 0.29) is 59.1 Å². The van der Waals surface area contributed by atoms with Crippen LogP contribution in [0.1, 0.15) is 0 Å². The van der Waals surface area contributed by atoms with E-state index in [2.05, 4.69) is 10.7 Å². The molecule has 0 bridgehead atoms. The summed E-state index contributed by atoms with van der Waals surface area (Å²) in [6.07, 6.45) is 0. The van der Waals surface area contributed by atoms with Gasteiger partial charge in [-0.1, -0.05) is 0 Å². The maximum absolute atomic E-state index is 8.84. The predicted octanol–water partition coefficient (Wildman–Crippen LogP) is -8.00. The third-order valence-corrected chi connectivity index (χ3v) is 0. The van der Waals surface area contributed by atoms with Crippen LogP contribution in [0.3, 0.4) is 0 Å². The van der Waals surface area contributed by atoms with Crippen molar-refractivity contribution >= 4 is 35.5 Å². The molecule has 0 heterocycles. The standard InChI is InChI=1S/Al.ClHO3S.2Na.2O/c;1-5(2,3)4;;;;/h;(H,2,3,4);;;;/q;;2*+1;;-1/p-1. The molecule has 0 saturated heterocycles. The Morgan fingerprint density at radius 3 is 1.30 bits per heavy atom. The average Bonchev–Trinajstić information content (AvgIpc) is 1.27. The molecule has 0 N–H and O–H groups in total. The Balaban J connectivity index is -0.0000000326. The van der Waals surface area contributed by atoms with E-state index in [1.807, 2.05) is 0 Å². The van der Waals surface area contributed by atoms with Crippen LogP contribution in [-0.2, 0) is 13.1 Å². The van der Waals surface area contributed by atoms with Crippen molar-refractivity contribution in [3.63, 3.8) is 0 Å². The summed E-state index contributed by atoms with van der Waals surface area (Å²) in [5, 5.41) is 0. The SMILES string of the molecule is O=S(=O)([O-])Cl.[Na+].[Na+].[O]=[Al][O-]. The predicted molar refractivity (Wildman–Crippen MR) is 22.0 cm³/mol. The van der Waals surface area contributed by atoms with E-state index in [1.165, 1.54) is 0 Å². The van der Waals surface area contributed by atoms with Gasteiger partial charge in [-0.25, -0.2) is 8.42 Å². The van der Waals surface area contributed by atoms with Crippen molar-refractivity contribution in [2.24, 2.45) is 0 Å². The van der Waals surface area contributed by atoms with Gasteiger partial charge in [0.2, 0.25) is 0 Å². The van der Waals surface area contributed by atoms with Gasteiger partial charge in [0, 0.05) is 10.7 Å². The zero-order chi connectivity index (χ0) is 7.21. The fourth-order valence-electron chi connectivity index (χ4n) is 0. The van der Waals surface area contributed by atoms with Crippen LogP contribution in [-0.4, -0.2) is 28.5 Å². The van der Waals surface area contributed by atoms with Crippen molar-refractivity contribution in [3.8, 4) is 0 Å². The van der Waals surface area contributed by atoms with Gasteiger partial charge in [0.1, 0.15) is 0 Å². The summed E-state index contributed by atoms with van der Waals surface area (Å²) in [7, 11) is -0.498. The van der Waals surface area contributed by atoms with Crippen LogP contribution in [0.5, 0.6) is 0 Å². The van der Waals surface area contributed by atoms with E-state index in [1.54, 1.807) is 0 Å². The van der Waals surface area contributed by atoms with Crippen molar-refractivity contribution < 1.29 is 80.0 Å². The molecular weight excluding hydrogens is 220 g/mol. The Morgan fingerprint density at radius 2 is 1.30 bits per heavy atom. The monoisotopic (exact) mass is 220 g/mol. The van der Waals surface area contributed by atoms with Crippen LogP contribution in [0, 0.1) is 0 Å². The Morgan fingerprint density at radius 1 is 1.30 bits per heavy atom. The van der Waals surface area contributed by atoms with Gasteiger partial charge in [0.25, 0.3) is 0 Å². The van der Waals surface area contributed by atoms with Crippen LogP contribution >= 0.6 is 10.7 Å². The van der Waals surface area contributed by atoms with Crippen LogP contribution < -0.4 is 63.3 Å². The zero-order valence-corrected chi connectivity index (χ0v) is 12.1. The molecule has 0 aliphatic heterocycles. The molecule has 0 radical (unpaired) electrons. The van der Waals surface area contributed by atoms with Crippen molar-refractivity contribution in [1.82, 2.24) is 0 Å². The van der Waals surface area contributed by atoms with E-state index in [9.17, 15) is 0 Å². The van der Waals surface area contributed by atoms with Crippen molar-refractivity contribution in [3.05, 3.63) is 0 Å². The molecule has 0 rings (SSSR count). The molecule has 0 fully saturated rings. The molecule has 48 valence electrons. The molecule has 0 aliphatic rings. The van der Waals surface area contributed by atoms with E-state index in [0.717, 1.165) is 0 Å². The Bertz CT molecular complexity index is 134. The van der Waals surface area contributed by atoms with E-state index >= 15 is 0 Å². The Labute approximate surface area is 114 Å². The van der Waals surface area contributed by atoms with Gasteiger partial charge in [-0.3, -0.25) is 0 Å². The van der Waals surface area contributed by atoms with Crippen LogP contribution in [0.15, 0.2) is 0 Å². The maximum atomic E-state index is 8.84. The summed E-state index contributed by atoms with van der Waals surface area (Å²) < 4.78 is 43.4. The first-order valence-corrected chi connectivity index (χ1v) is 4.30. The van der Waals surface area contributed by atoms with Crippen LogP contribution in [0.4, 0.5) is 0 Å². The van der Waals surface area contributed by atoms with Gasteiger partial charge in [-0.15, -0.1) is 0 Å². The molecule has 0 unspecified atom stereocenters. The minimum atomic E-state index is -4.44. The molecular formula is AlClNa2O5S. The quantitative estimate of drug-likeness (QED) is 0.229. The van der Waals surface area contributed by atoms with Gasteiger partial charge in [0.05, 0.1) is 0 Å². The van der Waals surface area contributed by atoms with E-state index in [4.69, 9.17) is 20.9 Å². The summed E-state index contributed by atoms with van der Waals surface area (Å²) in [5.74, 6) is 0. The summed E-state index contributed by atoms with van der Waals surface area (Å²) in [5.41, 5.74) is 0. The van der Waals surface area contributed by atoms with Crippen LogP contribution in [0.25, 0.3) is 0 Å². The summed E-state index contributed by atoms with van der Waals surface area (Å²) >= 11 is -1.75. The molecule has 0 aromatic carbocycles. The number of hydrogen-bond acceptors (Lipinski definition) is 5. The molecule has 5 nitrogen and oxygen atoms in total. The van der Waals surface area contributed by atoms with Gasteiger partial charge in [0.15, 0.2) is 9.33 Å². The third kappa shape index (κ3) is 165. The van der Waals surface area contributed by atoms with E-state index in [0.29, 0.717) is 0 Å². The number of rotatable bonds is 0. The van der Waals surface area contributed by atoms with Gasteiger partial charge in [-0.2, -0.15) is 0 Å². The molecule has 0 saturated carbocycles. The number of hydrogen-bond donors (Lipinski definition) is 0. The molecule has 0 aromatic rings. The van der Waals surface area contributed by atoms with Crippen LogP contribution in [0.2, 0.25) is 0 Å². The van der Waals surface area contributed by atoms with Gasteiger partial charge >= 0.3 is 82.6 Å². The summed E-state index contributed by atoms with van der Waals surface area (Å²) in [6.45, 7) is 0. The van der Waals surface area contributed by atoms with Gasteiger partial charge < -0.3 is 4.55 Å². The molecule has 10 heavy (non-hydrogen) atoms. The normalized spacial score (nSPS) is 6.60. The zero-order valence-electron chi connectivity index (χ0n) is 5.40. The summed E-state index contributed by atoms with van der Waals surface area (Å²) in [6, 6.07) is 0. The number of halogens is 1. The second-order valence-electron chi connectivity index (χ2n) is 0.489. The summed E-state index contributed by atoms with van der Waals surface area (Å²) in [4.78, 5) is 0. The Kier molecular flexibility index (Phi) is 31.7. The average molecular weight is 220 g/mol. The third-order valence-electron chi connectivity index (χ3n) is 0. The minimum absolute atomic E-state index is 0. The molecule has 0 amide bonds. The van der Waals surface area contributed by atoms with Gasteiger partial charge in [-0.05, 0) is 0 Å². The molecule has 0 aliphatic carbocycles.